The number of H-pyrrole nitrogens is 1. The molecule has 5 heteroatoms. The predicted molar refractivity (Wildman–Crippen MR) is 153 cm³/mol. The van der Waals surface area contributed by atoms with Gasteiger partial charge in [0, 0.05) is 16.3 Å². The van der Waals surface area contributed by atoms with Crippen molar-refractivity contribution in [1.82, 2.24) is 4.98 Å². The molecule has 0 aliphatic heterocycles. The van der Waals surface area contributed by atoms with Crippen molar-refractivity contribution in [3.05, 3.63) is 114 Å². The summed E-state index contributed by atoms with van der Waals surface area (Å²) in [6.07, 6.45) is 7.35. The van der Waals surface area contributed by atoms with E-state index in [-0.39, 0.29) is 5.88 Å². The molecule has 0 unspecified atom stereocenters. The smallest absolute Gasteiger partial charge is 0.493 e. The summed E-state index contributed by atoms with van der Waals surface area (Å²) in [6, 6.07) is 30.7. The van der Waals surface area contributed by atoms with Crippen LogP contribution in [0.5, 0.6) is 11.6 Å². The van der Waals surface area contributed by atoms with Crippen LogP contribution in [-0.2, 0) is 12.8 Å². The van der Waals surface area contributed by atoms with Crippen LogP contribution in [-0.4, -0.2) is 22.9 Å². The first kappa shape index (κ1) is 25.2. The van der Waals surface area contributed by atoms with Gasteiger partial charge in [-0.3, -0.25) is 0 Å². The molecule has 1 heterocycles. The topological polar surface area (TPSA) is 71.5 Å². The summed E-state index contributed by atoms with van der Waals surface area (Å²) in [7, 11) is 0. The van der Waals surface area contributed by atoms with E-state index in [0.29, 0.717) is 19.4 Å². The number of aromatic nitrogens is 1. The van der Waals surface area contributed by atoms with E-state index in [9.17, 15) is 9.90 Å². The summed E-state index contributed by atoms with van der Waals surface area (Å²) in [5.74, 6) is 1.13. The van der Waals surface area contributed by atoms with E-state index in [1.165, 1.54) is 5.56 Å². The Morgan fingerprint density at radius 1 is 0.816 bits per heavy atom. The summed E-state index contributed by atoms with van der Waals surface area (Å²) in [4.78, 5) is 14.6. The van der Waals surface area contributed by atoms with Gasteiger partial charge in [-0.2, -0.15) is 0 Å². The van der Waals surface area contributed by atoms with Crippen LogP contribution in [0, 0.1) is 0 Å². The molecule has 0 amide bonds. The molecule has 192 valence electrons. The van der Waals surface area contributed by atoms with Crippen LogP contribution >= 0.6 is 0 Å². The highest BCUT2D eigenvalue weighted by Gasteiger charge is 2.17. The maximum absolute atomic E-state index is 11.4. The van der Waals surface area contributed by atoms with Gasteiger partial charge in [0.15, 0.2) is 0 Å². The number of allylic oxidation sites excluding steroid dienone is 1. The van der Waals surface area contributed by atoms with Gasteiger partial charge >= 0.3 is 6.16 Å². The zero-order valence-corrected chi connectivity index (χ0v) is 21.2. The zero-order valence-electron chi connectivity index (χ0n) is 21.2. The number of ether oxygens (including phenoxy) is 2. The minimum absolute atomic E-state index is 0.280. The molecule has 1 aromatic heterocycles. The molecular weight excluding hydrogens is 474 g/mol. The second-order valence-corrected chi connectivity index (χ2v) is 9.28. The number of carboxylic acid groups (broad SMARTS) is 1. The van der Waals surface area contributed by atoms with E-state index in [1.807, 2.05) is 48.5 Å². The van der Waals surface area contributed by atoms with Crippen LogP contribution < -0.4 is 9.47 Å². The van der Waals surface area contributed by atoms with Gasteiger partial charge in [0.1, 0.15) is 5.75 Å². The fourth-order valence-corrected chi connectivity index (χ4v) is 4.87. The van der Waals surface area contributed by atoms with Crippen molar-refractivity contribution in [2.24, 2.45) is 0 Å². The fourth-order valence-electron chi connectivity index (χ4n) is 4.87. The van der Waals surface area contributed by atoms with Crippen molar-refractivity contribution in [3.63, 3.8) is 0 Å². The number of para-hydroxylation sites is 1. The van der Waals surface area contributed by atoms with E-state index in [0.717, 1.165) is 57.8 Å². The average Bonchev–Trinajstić information content (AvgIpc) is 3.28. The van der Waals surface area contributed by atoms with Gasteiger partial charge in [-0.25, -0.2) is 4.79 Å². The first-order valence-corrected chi connectivity index (χ1v) is 13.0. The number of rotatable bonds is 11. The van der Waals surface area contributed by atoms with Gasteiger partial charge in [0.05, 0.1) is 12.1 Å². The number of aromatic amines is 1. The Morgan fingerprint density at radius 3 is 2.45 bits per heavy atom. The minimum Gasteiger partial charge on any atom is -0.493 e. The van der Waals surface area contributed by atoms with Crippen molar-refractivity contribution in [1.29, 1.82) is 0 Å². The van der Waals surface area contributed by atoms with Crippen molar-refractivity contribution >= 4 is 33.9 Å². The highest BCUT2D eigenvalue weighted by molar-refractivity contribution is 5.93. The number of hydrogen-bond donors (Lipinski definition) is 2. The Kier molecular flexibility index (Phi) is 8.04. The van der Waals surface area contributed by atoms with E-state index >= 15 is 0 Å². The molecule has 0 aliphatic carbocycles. The van der Waals surface area contributed by atoms with E-state index in [4.69, 9.17) is 9.47 Å². The molecule has 38 heavy (non-hydrogen) atoms. The summed E-state index contributed by atoms with van der Waals surface area (Å²) >= 11 is 0. The molecule has 4 aromatic carbocycles. The number of carbonyl (C=O) groups is 1. The van der Waals surface area contributed by atoms with E-state index in [1.54, 1.807) is 0 Å². The van der Waals surface area contributed by atoms with Crippen LogP contribution in [0.15, 0.2) is 97.1 Å². The molecule has 0 spiro atoms. The Bertz CT molecular complexity index is 1550. The van der Waals surface area contributed by atoms with Gasteiger partial charge in [-0.1, -0.05) is 97.1 Å². The second-order valence-electron chi connectivity index (χ2n) is 9.28. The molecule has 0 fully saturated rings. The Morgan fingerprint density at radius 2 is 1.58 bits per heavy atom. The maximum Gasteiger partial charge on any atom is 0.512 e. The molecule has 5 aromatic rings. The lowest BCUT2D eigenvalue weighted by atomic mass is 10.0. The second kappa shape index (κ2) is 12.2. The van der Waals surface area contributed by atoms with Crippen LogP contribution in [0.2, 0.25) is 0 Å². The standard InChI is InChI=1S/C33H31NO4/c35-33(36)38-32-29(21-11-23-37-30-22-10-17-25-15-7-8-19-27(25)30)28-20-9-18-26(31(28)34-32)16-6-2-5-14-24-12-3-1-4-13-24/h1,3-4,6-10,12-13,15-20,22,34H,2,5,11,14,21,23H2,(H,35,36)/b16-6+. The van der Waals surface area contributed by atoms with Crippen LogP contribution in [0.25, 0.3) is 27.8 Å². The lowest BCUT2D eigenvalue weighted by molar-refractivity contribution is 0.142. The molecule has 0 aliphatic rings. The summed E-state index contributed by atoms with van der Waals surface area (Å²) in [6.45, 7) is 0.508. The largest absolute Gasteiger partial charge is 0.512 e. The van der Waals surface area contributed by atoms with Gasteiger partial charge < -0.3 is 19.6 Å². The number of unbranched alkanes of at least 4 members (excludes halogenated alkanes) is 1. The number of benzene rings is 4. The SMILES string of the molecule is O=C(O)Oc1[nH]c2c(/C=C/CCCc3ccccc3)cccc2c1CCCOc1cccc2ccccc12. The lowest BCUT2D eigenvalue weighted by Gasteiger charge is -2.09. The molecule has 0 atom stereocenters. The third kappa shape index (κ3) is 6.06. The third-order valence-corrected chi connectivity index (χ3v) is 6.68. The Balaban J connectivity index is 1.27. The first-order chi connectivity index (χ1) is 18.7. The van der Waals surface area contributed by atoms with E-state index < -0.39 is 6.16 Å². The highest BCUT2D eigenvalue weighted by Crippen LogP contribution is 2.32. The quantitative estimate of drug-likeness (QED) is 0.140. The third-order valence-electron chi connectivity index (χ3n) is 6.68. The number of nitrogens with one attached hydrogen (secondary N) is 1. The number of aryl methyl sites for hydroxylation is 2. The number of hydrogen-bond acceptors (Lipinski definition) is 3. The van der Waals surface area contributed by atoms with Crippen molar-refractivity contribution in [2.45, 2.75) is 32.1 Å². The molecular formula is C33H31NO4. The highest BCUT2D eigenvalue weighted by atomic mass is 16.7. The van der Waals surface area contributed by atoms with Gasteiger partial charge in [0.25, 0.3) is 0 Å². The summed E-state index contributed by atoms with van der Waals surface area (Å²) < 4.78 is 11.3. The van der Waals surface area contributed by atoms with E-state index in [2.05, 4.69) is 59.6 Å². The molecule has 5 nitrogen and oxygen atoms in total. The van der Waals surface area contributed by atoms with Crippen molar-refractivity contribution < 1.29 is 19.4 Å². The molecule has 2 N–H and O–H groups in total. The maximum atomic E-state index is 11.4. The Hall–Kier alpha value is -4.51. The van der Waals surface area contributed by atoms with Crippen LogP contribution in [0.3, 0.4) is 0 Å². The van der Waals surface area contributed by atoms with Gasteiger partial charge in [0.2, 0.25) is 5.88 Å². The fraction of sp³-hybridized carbons (Fsp3) is 0.182. The average molecular weight is 506 g/mol. The van der Waals surface area contributed by atoms with Crippen molar-refractivity contribution in [3.8, 4) is 11.6 Å². The van der Waals surface area contributed by atoms with Crippen LogP contribution in [0.1, 0.15) is 36.0 Å². The lowest BCUT2D eigenvalue weighted by Crippen LogP contribution is -2.06. The molecule has 5 rings (SSSR count). The zero-order chi connectivity index (χ0) is 26.2. The molecule has 0 saturated heterocycles. The summed E-state index contributed by atoms with van der Waals surface area (Å²) in [5.41, 5.74) is 4.09. The normalized spacial score (nSPS) is 11.4. The predicted octanol–water partition coefficient (Wildman–Crippen LogP) is 8.43. The van der Waals surface area contributed by atoms with Gasteiger partial charge in [-0.05, 0) is 54.7 Å². The first-order valence-electron chi connectivity index (χ1n) is 13.0. The monoisotopic (exact) mass is 505 g/mol. The molecule has 0 bridgehead atoms. The minimum atomic E-state index is -1.33. The van der Waals surface area contributed by atoms with Crippen molar-refractivity contribution in [2.75, 3.05) is 6.61 Å². The molecule has 0 saturated carbocycles. The molecule has 0 radical (unpaired) electrons. The Labute approximate surface area is 222 Å². The number of fused-ring (bicyclic) bond motifs is 2. The summed E-state index contributed by atoms with van der Waals surface area (Å²) in [5, 5.41) is 12.5. The van der Waals surface area contributed by atoms with Gasteiger partial charge in [-0.15, -0.1) is 0 Å². The van der Waals surface area contributed by atoms with Crippen LogP contribution in [0.4, 0.5) is 4.79 Å².